The Hall–Kier alpha value is -3.83. The van der Waals surface area contributed by atoms with Crippen LogP contribution in [0.15, 0.2) is 54.7 Å². The SMILES string of the molecule is O=C(O)Cn1cc(CC2COC(CF)(CNC(=O)OCC3c4ccccc4-c4ccccc43)OC2)nn1. The van der Waals surface area contributed by atoms with Crippen LogP contribution in [0.3, 0.4) is 0 Å². The smallest absolute Gasteiger partial charge is 0.407 e. The predicted octanol–water partition coefficient (Wildman–Crippen LogP) is 2.77. The van der Waals surface area contributed by atoms with Gasteiger partial charge in [0.05, 0.1) is 25.5 Å². The van der Waals surface area contributed by atoms with E-state index in [9.17, 15) is 14.0 Å². The second kappa shape index (κ2) is 10.7. The molecule has 1 saturated heterocycles. The fourth-order valence-electron chi connectivity index (χ4n) is 4.77. The minimum Gasteiger partial charge on any atom is -0.480 e. The highest BCUT2D eigenvalue weighted by Crippen LogP contribution is 2.44. The average molecular weight is 511 g/mol. The van der Waals surface area contributed by atoms with Gasteiger partial charge in [0.2, 0.25) is 5.79 Å². The van der Waals surface area contributed by atoms with Crippen LogP contribution in [0, 0.1) is 5.92 Å². The van der Waals surface area contributed by atoms with E-state index in [1.54, 1.807) is 6.20 Å². The van der Waals surface area contributed by atoms with Crippen molar-refractivity contribution in [2.45, 2.75) is 24.7 Å². The molecule has 1 amide bonds. The Labute approximate surface area is 212 Å². The molecule has 3 aromatic rings. The fraction of sp³-hybridized carbons (Fsp3) is 0.385. The molecule has 11 heteroatoms. The molecule has 0 bridgehead atoms. The number of carboxylic acid groups (broad SMARTS) is 1. The molecule has 194 valence electrons. The van der Waals surface area contributed by atoms with Gasteiger partial charge in [-0.1, -0.05) is 53.7 Å². The Bertz CT molecular complexity index is 1230. The number of alkyl carbamates (subject to hydrolysis) is 1. The van der Waals surface area contributed by atoms with Crippen molar-refractivity contribution in [3.8, 4) is 11.1 Å². The van der Waals surface area contributed by atoms with Crippen molar-refractivity contribution in [2.75, 3.05) is 33.0 Å². The van der Waals surface area contributed by atoms with Gasteiger partial charge in [0, 0.05) is 24.5 Å². The summed E-state index contributed by atoms with van der Waals surface area (Å²) in [7, 11) is 0. The zero-order chi connectivity index (χ0) is 25.8. The van der Waals surface area contributed by atoms with E-state index in [4.69, 9.17) is 19.3 Å². The number of aliphatic carboxylic acids is 1. The van der Waals surface area contributed by atoms with E-state index in [-0.39, 0.29) is 44.7 Å². The van der Waals surface area contributed by atoms with Gasteiger partial charge in [0.15, 0.2) is 0 Å². The van der Waals surface area contributed by atoms with Crippen molar-refractivity contribution in [3.05, 3.63) is 71.5 Å². The minimum atomic E-state index is -1.59. The first-order chi connectivity index (χ1) is 18.0. The van der Waals surface area contributed by atoms with Crippen LogP contribution in [-0.2, 0) is 32.0 Å². The molecule has 0 atom stereocenters. The third-order valence-corrected chi connectivity index (χ3v) is 6.59. The lowest BCUT2D eigenvalue weighted by atomic mass is 9.98. The summed E-state index contributed by atoms with van der Waals surface area (Å²) in [6.45, 7) is -0.921. The van der Waals surface area contributed by atoms with Crippen LogP contribution in [0.5, 0.6) is 0 Å². The van der Waals surface area contributed by atoms with Crippen LogP contribution in [0.1, 0.15) is 22.7 Å². The number of alkyl halides is 1. The lowest BCUT2D eigenvalue weighted by Crippen LogP contribution is -2.53. The number of fused-ring (bicyclic) bond motifs is 3. The van der Waals surface area contributed by atoms with Gasteiger partial charge in [-0.2, -0.15) is 0 Å². The molecule has 1 aliphatic carbocycles. The maximum absolute atomic E-state index is 13.9. The zero-order valence-corrected chi connectivity index (χ0v) is 20.0. The first kappa shape index (κ1) is 24.8. The quantitative estimate of drug-likeness (QED) is 0.450. The first-order valence-corrected chi connectivity index (χ1v) is 12.0. The number of carbonyl (C=O) groups is 2. The average Bonchev–Trinajstić information content (AvgIpc) is 3.48. The molecule has 37 heavy (non-hydrogen) atoms. The Morgan fingerprint density at radius 1 is 1.11 bits per heavy atom. The molecule has 2 heterocycles. The predicted molar refractivity (Wildman–Crippen MR) is 129 cm³/mol. The van der Waals surface area contributed by atoms with Gasteiger partial charge < -0.3 is 24.6 Å². The number of hydrogen-bond donors (Lipinski definition) is 2. The molecule has 0 unspecified atom stereocenters. The summed E-state index contributed by atoms with van der Waals surface area (Å²) in [6, 6.07) is 16.1. The number of carbonyl (C=O) groups excluding carboxylic acids is 1. The Morgan fingerprint density at radius 2 is 1.76 bits per heavy atom. The van der Waals surface area contributed by atoms with E-state index in [1.807, 2.05) is 36.4 Å². The molecule has 2 N–H and O–H groups in total. The number of nitrogens with zero attached hydrogens (tertiary/aromatic N) is 3. The number of benzene rings is 2. The highest BCUT2D eigenvalue weighted by molar-refractivity contribution is 5.79. The number of rotatable bonds is 9. The van der Waals surface area contributed by atoms with Crippen LogP contribution in [-0.4, -0.2) is 71.0 Å². The standard InChI is InChI=1S/C26H27FN4O6/c27-15-26(36-12-17(13-37-26)9-18-10-31(30-29-18)11-24(32)33)16-28-25(34)35-14-23-21-7-3-1-5-19(21)20-6-2-4-8-22(20)23/h1-8,10,17,23H,9,11-16H2,(H,28,34)(H,32,33). The number of carboxylic acids is 1. The summed E-state index contributed by atoms with van der Waals surface area (Å²) < 4.78 is 32.0. The molecule has 2 aliphatic rings. The van der Waals surface area contributed by atoms with E-state index in [1.165, 1.54) is 4.68 Å². The van der Waals surface area contributed by atoms with Gasteiger partial charge in [-0.05, 0) is 22.3 Å². The van der Waals surface area contributed by atoms with Gasteiger partial charge in [-0.3, -0.25) is 4.79 Å². The third-order valence-electron chi connectivity index (χ3n) is 6.59. The van der Waals surface area contributed by atoms with E-state index in [2.05, 4.69) is 27.8 Å². The minimum absolute atomic E-state index is 0.0790. The second-order valence-corrected chi connectivity index (χ2v) is 9.22. The number of hydrogen-bond acceptors (Lipinski definition) is 7. The van der Waals surface area contributed by atoms with E-state index < -0.39 is 24.5 Å². The van der Waals surface area contributed by atoms with Crippen LogP contribution < -0.4 is 5.32 Å². The van der Waals surface area contributed by atoms with Crippen molar-refractivity contribution < 1.29 is 33.3 Å². The van der Waals surface area contributed by atoms with E-state index >= 15 is 0 Å². The maximum atomic E-state index is 13.9. The number of amides is 1. The molecule has 1 aromatic heterocycles. The summed E-state index contributed by atoms with van der Waals surface area (Å²) in [6.07, 6.45) is 1.30. The first-order valence-electron chi connectivity index (χ1n) is 12.0. The van der Waals surface area contributed by atoms with Gasteiger partial charge in [0.25, 0.3) is 0 Å². The van der Waals surface area contributed by atoms with Crippen molar-refractivity contribution in [1.82, 2.24) is 20.3 Å². The monoisotopic (exact) mass is 510 g/mol. The van der Waals surface area contributed by atoms with Crippen molar-refractivity contribution in [2.24, 2.45) is 5.92 Å². The summed E-state index contributed by atoms with van der Waals surface area (Å²) in [4.78, 5) is 23.3. The van der Waals surface area contributed by atoms with E-state index in [0.717, 1.165) is 22.3 Å². The Kier molecular flexibility index (Phi) is 7.15. The second-order valence-electron chi connectivity index (χ2n) is 9.22. The van der Waals surface area contributed by atoms with Gasteiger partial charge in [-0.15, -0.1) is 5.10 Å². The molecule has 5 rings (SSSR count). The van der Waals surface area contributed by atoms with Gasteiger partial charge in [0.1, 0.15) is 19.8 Å². The lowest BCUT2D eigenvalue weighted by molar-refractivity contribution is -0.284. The summed E-state index contributed by atoms with van der Waals surface area (Å²) >= 11 is 0. The largest absolute Gasteiger partial charge is 0.480 e. The highest BCUT2D eigenvalue weighted by atomic mass is 19.1. The Balaban J connectivity index is 1.11. The van der Waals surface area contributed by atoms with Crippen molar-refractivity contribution in [3.63, 3.8) is 0 Å². The molecular weight excluding hydrogens is 483 g/mol. The van der Waals surface area contributed by atoms with Crippen LogP contribution >= 0.6 is 0 Å². The number of halogens is 1. The van der Waals surface area contributed by atoms with Crippen molar-refractivity contribution in [1.29, 1.82) is 0 Å². The molecule has 2 aromatic carbocycles. The molecule has 0 saturated carbocycles. The fourth-order valence-corrected chi connectivity index (χ4v) is 4.77. The van der Waals surface area contributed by atoms with Crippen LogP contribution in [0.25, 0.3) is 11.1 Å². The number of ether oxygens (including phenoxy) is 3. The molecule has 0 radical (unpaired) electrons. The zero-order valence-electron chi connectivity index (χ0n) is 20.0. The topological polar surface area (TPSA) is 125 Å². The molecule has 1 aliphatic heterocycles. The number of aromatic nitrogens is 3. The molecule has 1 fully saturated rings. The Morgan fingerprint density at radius 3 is 2.38 bits per heavy atom. The maximum Gasteiger partial charge on any atom is 0.407 e. The third kappa shape index (κ3) is 5.47. The highest BCUT2D eigenvalue weighted by Gasteiger charge is 2.39. The summed E-state index contributed by atoms with van der Waals surface area (Å²) in [5, 5.41) is 19.1. The number of nitrogens with one attached hydrogen (secondary N) is 1. The lowest BCUT2D eigenvalue weighted by Gasteiger charge is -2.38. The summed E-state index contributed by atoms with van der Waals surface area (Å²) in [5.41, 5.74) is 5.05. The molecule has 10 nitrogen and oxygen atoms in total. The van der Waals surface area contributed by atoms with Gasteiger partial charge >= 0.3 is 12.1 Å². The summed E-state index contributed by atoms with van der Waals surface area (Å²) in [5.74, 6) is -2.81. The normalized spacial score (nSPS) is 20.7. The van der Waals surface area contributed by atoms with Crippen LogP contribution in [0.2, 0.25) is 0 Å². The van der Waals surface area contributed by atoms with Crippen molar-refractivity contribution >= 4 is 12.1 Å². The van der Waals surface area contributed by atoms with E-state index in [0.29, 0.717) is 12.1 Å². The van der Waals surface area contributed by atoms with Gasteiger partial charge in [-0.25, -0.2) is 13.9 Å². The molecule has 0 spiro atoms. The van der Waals surface area contributed by atoms with Crippen LogP contribution in [0.4, 0.5) is 9.18 Å². The molecular formula is C26H27FN4O6.